The minimum absolute atomic E-state index is 0.0393. The number of fused-ring (bicyclic) bond motifs is 4. The zero-order valence-corrected chi connectivity index (χ0v) is 43.6. The van der Waals surface area contributed by atoms with Crippen LogP contribution in [0.15, 0.2) is 53.5 Å². The van der Waals surface area contributed by atoms with Gasteiger partial charge in [-0.1, -0.05) is 49.2 Å². The topological polar surface area (TPSA) is 172 Å². The number of amides is 4. The Bertz CT molecular complexity index is 2870. The standard InChI is InChI=1S/C55H68Cl2FN9O6/c1-53(2)19-21-54(22-20-53)55(39-10-7-34(56)29-40(39)61-51(55)71)45(38-14-23-59-48(57)46(38)58)47(63-54)50(70)60-35-8-4-32(5-9-35)30-65-24-15-36(16-25-65)73-37-17-26-66(27-18-37)31-33-6-11-41-43(28-33)64(3)52(72)67(41)42-12-13-44(68)62-49(42)69/h6-7,10-11,14,23,28-29,32,35-37,42,45,47,63H,4-5,8-9,12-13,15-22,24-27,30-31H2,1-3H3,(H,60,70)(H,61,71)(H,62,68,69)/t32-,35-,42?,45-,47+,55+/m0/s1. The lowest BCUT2D eigenvalue weighted by Crippen LogP contribution is -2.61. The number of imidazole rings is 1. The number of nitrogens with one attached hydrogen (secondary N) is 4. The Morgan fingerprint density at radius 3 is 2.23 bits per heavy atom. The maximum Gasteiger partial charge on any atom is 0.329 e. The number of imide groups is 1. The number of aromatic nitrogens is 3. The molecule has 4 atom stereocenters. The van der Waals surface area contributed by atoms with Crippen LogP contribution in [0.3, 0.4) is 0 Å². The molecule has 0 bridgehead atoms. The molecule has 73 heavy (non-hydrogen) atoms. The highest BCUT2D eigenvalue weighted by Gasteiger charge is 2.73. The zero-order valence-electron chi connectivity index (χ0n) is 42.1. The van der Waals surface area contributed by atoms with Crippen molar-refractivity contribution in [3.05, 3.63) is 91.8 Å². The van der Waals surface area contributed by atoms with E-state index in [0.717, 1.165) is 120 Å². The second-order valence-corrected chi connectivity index (χ2v) is 23.9. The van der Waals surface area contributed by atoms with Gasteiger partial charge in [-0.15, -0.1) is 0 Å². The second kappa shape index (κ2) is 19.8. The molecule has 7 aliphatic rings. The van der Waals surface area contributed by atoms with Crippen molar-refractivity contribution in [2.45, 2.75) is 157 Å². The number of likely N-dealkylation sites (tertiary alicyclic amines) is 2. The van der Waals surface area contributed by atoms with Gasteiger partial charge in [-0.05, 0) is 142 Å². The Morgan fingerprint density at radius 2 is 1.53 bits per heavy atom. The fourth-order valence-electron chi connectivity index (χ4n) is 14.2. The van der Waals surface area contributed by atoms with Gasteiger partial charge in [-0.25, -0.2) is 14.2 Å². The quantitative estimate of drug-likeness (QED) is 0.0936. The van der Waals surface area contributed by atoms with E-state index in [2.05, 4.69) is 49.9 Å². The van der Waals surface area contributed by atoms with Gasteiger partial charge in [-0.3, -0.25) is 43.8 Å². The summed E-state index contributed by atoms with van der Waals surface area (Å²) >= 11 is 12.9. The van der Waals surface area contributed by atoms with Crippen LogP contribution < -0.4 is 27.0 Å². The van der Waals surface area contributed by atoms with Crippen LogP contribution in [0.5, 0.6) is 0 Å². The molecule has 4 saturated heterocycles. The van der Waals surface area contributed by atoms with Crippen LogP contribution >= 0.6 is 23.2 Å². The van der Waals surface area contributed by atoms with E-state index in [1.54, 1.807) is 29.8 Å². The van der Waals surface area contributed by atoms with E-state index < -0.39 is 40.7 Å². The first-order chi connectivity index (χ1) is 35.0. The van der Waals surface area contributed by atoms with Crippen molar-refractivity contribution >= 4 is 63.6 Å². The Morgan fingerprint density at radius 1 is 0.836 bits per heavy atom. The van der Waals surface area contributed by atoms with Gasteiger partial charge in [-0.2, -0.15) is 0 Å². The number of nitrogens with zero attached hydrogens (tertiary/aromatic N) is 5. The lowest BCUT2D eigenvalue weighted by molar-refractivity contribution is -0.136. The molecular formula is C55H68Cl2FN9O6. The third-order valence-corrected chi connectivity index (χ3v) is 18.7. The van der Waals surface area contributed by atoms with Crippen LogP contribution in [0.4, 0.5) is 10.1 Å². The molecule has 11 rings (SSSR count). The summed E-state index contributed by atoms with van der Waals surface area (Å²) in [5, 5.41) is 12.9. The summed E-state index contributed by atoms with van der Waals surface area (Å²) < 4.78 is 26.3. The number of carbonyl (C=O) groups is 4. The number of rotatable bonds is 10. The maximum atomic E-state index is 16.4. The first-order valence-electron chi connectivity index (χ1n) is 26.7. The minimum Gasteiger partial charge on any atom is -0.375 e. The van der Waals surface area contributed by atoms with Gasteiger partial charge in [0.25, 0.3) is 0 Å². The summed E-state index contributed by atoms with van der Waals surface area (Å²) in [5.74, 6) is -2.31. The van der Waals surface area contributed by atoms with Crippen LogP contribution in [0.1, 0.15) is 132 Å². The lowest BCUT2D eigenvalue weighted by atomic mass is 9.53. The molecule has 0 radical (unpaired) electrons. The molecule has 7 heterocycles. The zero-order chi connectivity index (χ0) is 51.0. The Labute approximate surface area is 435 Å². The number of halogens is 3. The van der Waals surface area contributed by atoms with Gasteiger partial charge in [0.05, 0.1) is 29.3 Å². The fraction of sp³-hybridized carbons (Fsp3) is 0.600. The molecule has 390 valence electrons. The third-order valence-electron chi connectivity index (χ3n) is 18.2. The number of aryl methyl sites for hydroxylation is 1. The summed E-state index contributed by atoms with van der Waals surface area (Å²) in [5.41, 5.74) is 1.73. The van der Waals surface area contributed by atoms with Crippen molar-refractivity contribution in [1.29, 1.82) is 0 Å². The highest BCUT2D eigenvalue weighted by molar-refractivity contribution is 6.31. The maximum absolute atomic E-state index is 16.4. The Kier molecular flexibility index (Phi) is 13.7. The molecule has 1 unspecified atom stereocenters. The average Bonchev–Trinajstić information content (AvgIpc) is 3.96. The molecule has 2 saturated carbocycles. The summed E-state index contributed by atoms with van der Waals surface area (Å²) in [6.07, 6.45) is 13.0. The van der Waals surface area contributed by atoms with Gasteiger partial charge in [0.2, 0.25) is 23.6 Å². The van der Waals surface area contributed by atoms with Crippen molar-refractivity contribution in [2.24, 2.45) is 18.4 Å². The van der Waals surface area contributed by atoms with Crippen LogP contribution in [0, 0.1) is 17.2 Å². The summed E-state index contributed by atoms with van der Waals surface area (Å²) in [4.78, 5) is 76.5. The first-order valence-corrected chi connectivity index (χ1v) is 27.4. The molecular weight excluding hydrogens is 973 g/mol. The summed E-state index contributed by atoms with van der Waals surface area (Å²) in [6.45, 7) is 10.1. The molecule has 2 aromatic heterocycles. The number of benzene rings is 2. The van der Waals surface area contributed by atoms with E-state index in [1.807, 2.05) is 24.3 Å². The van der Waals surface area contributed by atoms with Crippen molar-refractivity contribution in [3.8, 4) is 0 Å². The monoisotopic (exact) mass is 1040 g/mol. The van der Waals surface area contributed by atoms with Crippen LogP contribution in [0.25, 0.3) is 11.0 Å². The molecule has 4 amide bonds. The molecule has 2 aromatic carbocycles. The van der Waals surface area contributed by atoms with E-state index in [-0.39, 0.29) is 64.2 Å². The van der Waals surface area contributed by atoms with E-state index >= 15 is 4.39 Å². The van der Waals surface area contributed by atoms with Gasteiger partial charge < -0.3 is 20.3 Å². The molecule has 5 aliphatic heterocycles. The van der Waals surface area contributed by atoms with E-state index in [0.29, 0.717) is 41.4 Å². The second-order valence-electron chi connectivity index (χ2n) is 23.1. The highest BCUT2D eigenvalue weighted by Crippen LogP contribution is 2.64. The summed E-state index contributed by atoms with van der Waals surface area (Å²) in [7, 11) is 1.73. The molecule has 4 N–H and O–H groups in total. The third kappa shape index (κ3) is 9.23. The molecule has 2 spiro atoms. The van der Waals surface area contributed by atoms with Gasteiger partial charge >= 0.3 is 5.69 Å². The van der Waals surface area contributed by atoms with Crippen LogP contribution in [-0.2, 0) is 42.9 Å². The molecule has 18 heteroatoms. The van der Waals surface area contributed by atoms with Crippen molar-refractivity contribution < 1.29 is 28.3 Å². The average molecular weight is 1040 g/mol. The normalized spacial score (nSPS) is 29.0. The molecule has 2 aliphatic carbocycles. The predicted molar refractivity (Wildman–Crippen MR) is 277 cm³/mol. The number of hydrogen-bond acceptors (Lipinski definition) is 10. The number of pyridine rings is 1. The van der Waals surface area contributed by atoms with E-state index in [9.17, 15) is 24.0 Å². The number of anilines is 1. The molecule has 15 nitrogen and oxygen atoms in total. The summed E-state index contributed by atoms with van der Waals surface area (Å²) in [6, 6.07) is 11.3. The molecule has 4 aromatic rings. The van der Waals surface area contributed by atoms with Gasteiger partial charge in [0, 0.05) is 87.1 Å². The van der Waals surface area contributed by atoms with Crippen molar-refractivity contribution in [2.75, 3.05) is 38.0 Å². The smallest absolute Gasteiger partial charge is 0.329 e. The largest absolute Gasteiger partial charge is 0.375 e. The van der Waals surface area contributed by atoms with E-state index in [1.165, 1.54) is 10.8 Å². The first kappa shape index (κ1) is 50.4. The predicted octanol–water partition coefficient (Wildman–Crippen LogP) is 7.26. The van der Waals surface area contributed by atoms with Gasteiger partial charge in [0.15, 0.2) is 11.0 Å². The Hall–Kier alpha value is -4.71. The highest BCUT2D eigenvalue weighted by atomic mass is 35.5. The van der Waals surface area contributed by atoms with Gasteiger partial charge in [0.1, 0.15) is 11.5 Å². The minimum atomic E-state index is -1.31. The SMILES string of the molecule is Cn1c(=O)n(C2CCC(=O)NC2=O)c2ccc(CN3CCC(OC4CCN(C[C@H]5CC[C@H](NC(=O)[C@@H]6NC7(CCC(C)(C)CC7)[C@@]7(C(=O)Nc8cc(Cl)ccc87)[C@H]6c6ccnc(Cl)c6F)CC5)CC4)CC3)cc21. The number of carbonyl (C=O) groups excluding carboxylic acids is 4. The lowest BCUT2D eigenvalue weighted by Gasteiger charge is -2.50. The number of piperidine rings is 3. The number of ether oxygens (including phenoxy) is 1. The molecule has 6 fully saturated rings. The van der Waals surface area contributed by atoms with Crippen molar-refractivity contribution in [3.63, 3.8) is 0 Å². The number of hydrogen-bond donors (Lipinski definition) is 4. The Balaban J connectivity index is 0.669. The fourth-order valence-corrected chi connectivity index (χ4v) is 14.5. The van der Waals surface area contributed by atoms with E-state index in [4.69, 9.17) is 27.9 Å². The van der Waals surface area contributed by atoms with Crippen LogP contribution in [-0.4, -0.2) is 110 Å². The van der Waals surface area contributed by atoms with Crippen molar-refractivity contribution in [1.82, 2.24) is 39.9 Å². The van der Waals surface area contributed by atoms with Crippen LogP contribution in [0.2, 0.25) is 10.2 Å².